The molecule has 0 saturated carbocycles. The van der Waals surface area contributed by atoms with Crippen LogP contribution in [-0.4, -0.2) is 76.0 Å². The largest absolute Gasteiger partial charge is 0.389 e. The SMILES string of the molecule is CCC(CO)(CNC(C)(C)CN1COCC(CC)([N+](=O)[O-])C1)[N+](=O)[O-]. The summed E-state index contributed by atoms with van der Waals surface area (Å²) in [5, 5.41) is 35.3. The minimum Gasteiger partial charge on any atom is -0.389 e. The molecule has 2 N–H and O–H groups in total. The molecular weight excluding hydrogens is 332 g/mol. The molecule has 25 heavy (non-hydrogen) atoms. The van der Waals surface area contributed by atoms with Gasteiger partial charge in [0.2, 0.25) is 0 Å². The quantitative estimate of drug-likeness (QED) is 0.424. The van der Waals surface area contributed by atoms with E-state index in [0.717, 1.165) is 0 Å². The number of ether oxygens (including phenoxy) is 1. The highest BCUT2D eigenvalue weighted by atomic mass is 16.6. The van der Waals surface area contributed by atoms with Gasteiger partial charge in [-0.05, 0) is 13.8 Å². The number of nitrogens with one attached hydrogen (secondary N) is 1. The highest BCUT2D eigenvalue weighted by Crippen LogP contribution is 2.23. The van der Waals surface area contributed by atoms with Gasteiger partial charge in [0.1, 0.15) is 13.2 Å². The number of aliphatic hydroxyl groups excluding tert-OH is 1. The second-order valence-electron chi connectivity index (χ2n) is 7.53. The van der Waals surface area contributed by atoms with Crippen molar-refractivity contribution in [3.05, 3.63) is 20.2 Å². The zero-order valence-electron chi connectivity index (χ0n) is 15.5. The number of nitrogens with zero attached hydrogens (tertiary/aromatic N) is 3. The first-order chi connectivity index (χ1) is 11.6. The van der Waals surface area contributed by atoms with E-state index >= 15 is 0 Å². The van der Waals surface area contributed by atoms with Crippen molar-refractivity contribution < 1.29 is 19.7 Å². The number of nitro groups is 2. The smallest absolute Gasteiger partial charge is 0.257 e. The third kappa shape index (κ3) is 5.06. The fourth-order valence-electron chi connectivity index (χ4n) is 2.99. The third-order valence-electron chi connectivity index (χ3n) is 5.06. The zero-order valence-corrected chi connectivity index (χ0v) is 15.5. The Morgan fingerprint density at radius 2 is 1.96 bits per heavy atom. The lowest BCUT2D eigenvalue weighted by atomic mass is 9.93. The van der Waals surface area contributed by atoms with Gasteiger partial charge in [-0.1, -0.05) is 13.8 Å². The standard InChI is InChI=1S/C15H30N4O6/c1-5-14(10-20,18(21)22)7-16-13(3,4)8-17-9-15(6-2,19(23)24)11-25-12-17/h16,20H,5-12H2,1-4H3. The molecule has 1 aliphatic rings. The summed E-state index contributed by atoms with van der Waals surface area (Å²) in [5.41, 5.74) is -3.08. The molecule has 1 saturated heterocycles. The summed E-state index contributed by atoms with van der Waals surface area (Å²) in [7, 11) is 0. The Hall–Kier alpha value is -1.36. The van der Waals surface area contributed by atoms with Crippen LogP contribution in [-0.2, 0) is 4.74 Å². The highest BCUT2D eigenvalue weighted by Gasteiger charge is 2.47. The molecular formula is C15H30N4O6. The Labute approximate surface area is 147 Å². The number of hydrogen-bond acceptors (Lipinski definition) is 8. The molecule has 1 heterocycles. The van der Waals surface area contributed by atoms with Crippen LogP contribution in [0, 0.1) is 20.2 Å². The monoisotopic (exact) mass is 362 g/mol. The van der Waals surface area contributed by atoms with Gasteiger partial charge in [0.15, 0.2) is 0 Å². The van der Waals surface area contributed by atoms with Gasteiger partial charge in [0, 0.05) is 34.8 Å². The topological polar surface area (TPSA) is 131 Å². The molecule has 10 heteroatoms. The molecule has 0 spiro atoms. The van der Waals surface area contributed by atoms with Gasteiger partial charge in [0.25, 0.3) is 11.1 Å². The molecule has 0 aromatic carbocycles. The van der Waals surface area contributed by atoms with E-state index in [9.17, 15) is 25.3 Å². The van der Waals surface area contributed by atoms with E-state index in [0.29, 0.717) is 13.0 Å². The summed E-state index contributed by atoms with van der Waals surface area (Å²) < 4.78 is 5.43. The Kier molecular flexibility index (Phi) is 7.24. The molecule has 1 fully saturated rings. The fraction of sp³-hybridized carbons (Fsp3) is 1.00. The van der Waals surface area contributed by atoms with Crippen molar-refractivity contribution in [2.75, 3.05) is 39.6 Å². The van der Waals surface area contributed by atoms with Crippen LogP contribution in [0.15, 0.2) is 0 Å². The summed E-state index contributed by atoms with van der Waals surface area (Å²) in [6.45, 7) is 7.74. The lowest BCUT2D eigenvalue weighted by Gasteiger charge is -2.40. The Morgan fingerprint density at radius 3 is 2.40 bits per heavy atom. The van der Waals surface area contributed by atoms with E-state index < -0.39 is 28.1 Å². The van der Waals surface area contributed by atoms with Gasteiger partial charge >= 0.3 is 0 Å². The van der Waals surface area contributed by atoms with Crippen molar-refractivity contribution in [3.63, 3.8) is 0 Å². The van der Waals surface area contributed by atoms with Crippen LogP contribution >= 0.6 is 0 Å². The normalized spacial score (nSPS) is 24.7. The van der Waals surface area contributed by atoms with Gasteiger partial charge in [-0.15, -0.1) is 0 Å². The van der Waals surface area contributed by atoms with Crippen LogP contribution < -0.4 is 5.32 Å². The second kappa shape index (κ2) is 8.35. The van der Waals surface area contributed by atoms with E-state index in [1.54, 1.807) is 13.8 Å². The van der Waals surface area contributed by atoms with Crippen molar-refractivity contribution in [1.29, 1.82) is 0 Å². The fourth-order valence-corrected chi connectivity index (χ4v) is 2.99. The van der Waals surface area contributed by atoms with Crippen LogP contribution in [0.4, 0.5) is 0 Å². The second-order valence-corrected chi connectivity index (χ2v) is 7.53. The van der Waals surface area contributed by atoms with Crippen molar-refractivity contribution in [2.24, 2.45) is 0 Å². The van der Waals surface area contributed by atoms with Crippen LogP contribution in [0.3, 0.4) is 0 Å². The van der Waals surface area contributed by atoms with Crippen molar-refractivity contribution in [2.45, 2.75) is 57.2 Å². The van der Waals surface area contributed by atoms with Crippen LogP contribution in [0.25, 0.3) is 0 Å². The summed E-state index contributed by atoms with van der Waals surface area (Å²) in [4.78, 5) is 23.8. The molecule has 10 nitrogen and oxygen atoms in total. The van der Waals surface area contributed by atoms with Gasteiger partial charge in [-0.2, -0.15) is 0 Å². The molecule has 0 bridgehead atoms. The van der Waals surface area contributed by atoms with Crippen LogP contribution in [0.5, 0.6) is 0 Å². The molecule has 1 aliphatic heterocycles. The minimum atomic E-state index is -1.43. The zero-order chi connectivity index (χ0) is 19.3. The molecule has 2 unspecified atom stereocenters. The first-order valence-electron chi connectivity index (χ1n) is 8.51. The maximum absolute atomic E-state index is 11.4. The summed E-state index contributed by atoms with van der Waals surface area (Å²) in [5.74, 6) is 0. The third-order valence-corrected chi connectivity index (χ3v) is 5.06. The minimum absolute atomic E-state index is 0.0167. The predicted molar refractivity (Wildman–Crippen MR) is 91.6 cm³/mol. The first-order valence-corrected chi connectivity index (χ1v) is 8.51. The molecule has 0 aromatic rings. The maximum Gasteiger partial charge on any atom is 0.257 e. The van der Waals surface area contributed by atoms with E-state index in [4.69, 9.17) is 4.74 Å². The average molecular weight is 362 g/mol. The van der Waals surface area contributed by atoms with Gasteiger partial charge in [-0.25, -0.2) is 0 Å². The lowest BCUT2D eigenvalue weighted by Crippen LogP contribution is -2.62. The molecule has 0 aliphatic carbocycles. The van der Waals surface area contributed by atoms with Crippen LogP contribution in [0.1, 0.15) is 40.5 Å². The van der Waals surface area contributed by atoms with Crippen molar-refractivity contribution in [3.8, 4) is 0 Å². The molecule has 1 rings (SSSR count). The summed E-state index contributed by atoms with van der Waals surface area (Å²) in [6.07, 6.45) is 0.571. The van der Waals surface area contributed by atoms with Crippen molar-refractivity contribution >= 4 is 0 Å². The average Bonchev–Trinajstić information content (AvgIpc) is 2.55. The molecule has 0 aromatic heterocycles. The Morgan fingerprint density at radius 1 is 1.32 bits per heavy atom. The maximum atomic E-state index is 11.4. The Balaban J connectivity index is 2.74. The number of rotatable bonds is 10. The molecule has 2 atom stereocenters. The molecule has 146 valence electrons. The van der Waals surface area contributed by atoms with Crippen LogP contribution in [0.2, 0.25) is 0 Å². The van der Waals surface area contributed by atoms with E-state index in [-0.39, 0.29) is 37.8 Å². The predicted octanol–water partition coefficient (Wildman–Crippen LogP) is 0.488. The summed E-state index contributed by atoms with van der Waals surface area (Å²) in [6, 6.07) is 0. The lowest BCUT2D eigenvalue weighted by molar-refractivity contribution is -0.581. The molecule has 0 amide bonds. The van der Waals surface area contributed by atoms with Gasteiger partial charge in [0.05, 0.1) is 19.8 Å². The first kappa shape index (κ1) is 21.7. The Bertz CT molecular complexity index is 483. The van der Waals surface area contributed by atoms with Gasteiger partial charge < -0.3 is 15.2 Å². The number of aliphatic hydroxyl groups is 1. The van der Waals surface area contributed by atoms with E-state index in [2.05, 4.69) is 5.32 Å². The number of hydrogen-bond donors (Lipinski definition) is 2. The highest BCUT2D eigenvalue weighted by molar-refractivity contribution is 4.91. The summed E-state index contributed by atoms with van der Waals surface area (Å²) >= 11 is 0. The molecule has 0 radical (unpaired) electrons. The van der Waals surface area contributed by atoms with Crippen molar-refractivity contribution in [1.82, 2.24) is 10.2 Å². The van der Waals surface area contributed by atoms with E-state index in [1.807, 2.05) is 18.7 Å². The van der Waals surface area contributed by atoms with Gasteiger partial charge in [-0.3, -0.25) is 25.1 Å². The van der Waals surface area contributed by atoms with E-state index in [1.165, 1.54) is 0 Å².